The van der Waals surface area contributed by atoms with Crippen LogP contribution in [0, 0.1) is 0 Å². The van der Waals surface area contributed by atoms with Crippen LogP contribution in [0.1, 0.15) is 12.5 Å². The predicted octanol–water partition coefficient (Wildman–Crippen LogP) is 0.430. The standard InChI is InChI=1S/C11H17N3O/c1-9(7-12)14(2)11(15)6-10-4-3-5-13-8-10/h3-5,8-9H,6-7,12H2,1-2H3. The van der Waals surface area contributed by atoms with Crippen molar-refractivity contribution in [2.75, 3.05) is 13.6 Å². The zero-order chi connectivity index (χ0) is 11.3. The lowest BCUT2D eigenvalue weighted by Crippen LogP contribution is -2.40. The van der Waals surface area contributed by atoms with E-state index >= 15 is 0 Å². The fraction of sp³-hybridized carbons (Fsp3) is 0.455. The highest BCUT2D eigenvalue weighted by atomic mass is 16.2. The molecule has 0 bridgehead atoms. The molecule has 15 heavy (non-hydrogen) atoms. The first-order valence-electron chi connectivity index (χ1n) is 4.99. The minimum Gasteiger partial charge on any atom is -0.341 e. The summed E-state index contributed by atoms with van der Waals surface area (Å²) in [5, 5.41) is 0. The average Bonchev–Trinajstić information content (AvgIpc) is 2.28. The highest BCUT2D eigenvalue weighted by Gasteiger charge is 2.14. The van der Waals surface area contributed by atoms with E-state index in [1.165, 1.54) is 0 Å². The molecule has 82 valence electrons. The lowest BCUT2D eigenvalue weighted by atomic mass is 10.2. The summed E-state index contributed by atoms with van der Waals surface area (Å²) in [6.45, 7) is 2.41. The molecule has 0 spiro atoms. The van der Waals surface area contributed by atoms with Crippen LogP contribution in [0.2, 0.25) is 0 Å². The monoisotopic (exact) mass is 207 g/mol. The molecule has 0 saturated carbocycles. The Morgan fingerprint density at radius 3 is 2.93 bits per heavy atom. The van der Waals surface area contributed by atoms with Crippen molar-refractivity contribution in [3.05, 3.63) is 30.1 Å². The molecule has 0 aliphatic carbocycles. The number of nitrogens with two attached hydrogens (primary N) is 1. The van der Waals surface area contributed by atoms with E-state index in [4.69, 9.17) is 5.73 Å². The Bertz CT molecular complexity index is 313. The van der Waals surface area contributed by atoms with Crippen LogP contribution >= 0.6 is 0 Å². The zero-order valence-corrected chi connectivity index (χ0v) is 9.18. The van der Waals surface area contributed by atoms with Crippen molar-refractivity contribution < 1.29 is 4.79 Å². The molecule has 0 aromatic carbocycles. The fourth-order valence-corrected chi connectivity index (χ4v) is 1.21. The van der Waals surface area contributed by atoms with Crippen molar-refractivity contribution in [2.45, 2.75) is 19.4 Å². The van der Waals surface area contributed by atoms with Crippen LogP contribution in [0.3, 0.4) is 0 Å². The number of carbonyl (C=O) groups is 1. The number of hydrogen-bond donors (Lipinski definition) is 1. The number of nitrogens with zero attached hydrogens (tertiary/aromatic N) is 2. The lowest BCUT2D eigenvalue weighted by Gasteiger charge is -2.23. The third kappa shape index (κ3) is 3.32. The van der Waals surface area contributed by atoms with Crippen LogP contribution in [-0.2, 0) is 11.2 Å². The van der Waals surface area contributed by atoms with Crippen molar-refractivity contribution in [3.63, 3.8) is 0 Å². The summed E-state index contributed by atoms with van der Waals surface area (Å²) >= 11 is 0. The molecule has 0 fully saturated rings. The van der Waals surface area contributed by atoms with E-state index in [1.807, 2.05) is 19.1 Å². The van der Waals surface area contributed by atoms with E-state index < -0.39 is 0 Å². The molecule has 1 unspecified atom stereocenters. The maximum Gasteiger partial charge on any atom is 0.227 e. The number of amides is 1. The van der Waals surface area contributed by atoms with Crippen molar-refractivity contribution in [1.29, 1.82) is 0 Å². The number of carbonyl (C=O) groups excluding carboxylic acids is 1. The van der Waals surface area contributed by atoms with Gasteiger partial charge in [-0.05, 0) is 18.6 Å². The SMILES string of the molecule is CC(CN)N(C)C(=O)Cc1cccnc1. The van der Waals surface area contributed by atoms with Crippen molar-refractivity contribution in [1.82, 2.24) is 9.88 Å². The summed E-state index contributed by atoms with van der Waals surface area (Å²) in [6.07, 6.45) is 3.79. The molecule has 1 rings (SSSR count). The van der Waals surface area contributed by atoms with Gasteiger partial charge in [-0.3, -0.25) is 9.78 Å². The van der Waals surface area contributed by atoms with Gasteiger partial charge < -0.3 is 10.6 Å². The zero-order valence-electron chi connectivity index (χ0n) is 9.18. The topological polar surface area (TPSA) is 59.2 Å². The second-order valence-electron chi connectivity index (χ2n) is 3.63. The van der Waals surface area contributed by atoms with Crippen LogP contribution in [0.4, 0.5) is 0 Å². The summed E-state index contributed by atoms with van der Waals surface area (Å²) < 4.78 is 0. The smallest absolute Gasteiger partial charge is 0.227 e. The summed E-state index contributed by atoms with van der Waals surface area (Å²) in [7, 11) is 1.77. The molecular formula is C11H17N3O. The van der Waals surface area contributed by atoms with Crippen LogP contribution in [0.25, 0.3) is 0 Å². The second kappa shape index (κ2) is 5.46. The molecule has 0 radical (unpaired) electrons. The Morgan fingerprint density at radius 1 is 1.67 bits per heavy atom. The van der Waals surface area contributed by atoms with Gasteiger partial charge in [-0.25, -0.2) is 0 Å². The van der Waals surface area contributed by atoms with Gasteiger partial charge in [0.15, 0.2) is 0 Å². The first-order valence-corrected chi connectivity index (χ1v) is 4.99. The molecule has 0 saturated heterocycles. The quantitative estimate of drug-likeness (QED) is 0.779. The molecule has 4 nitrogen and oxygen atoms in total. The molecule has 1 aromatic rings. The fourth-order valence-electron chi connectivity index (χ4n) is 1.21. The molecule has 1 amide bonds. The minimum absolute atomic E-state index is 0.0703. The Kier molecular flexibility index (Phi) is 4.24. The van der Waals surface area contributed by atoms with Crippen molar-refractivity contribution in [2.24, 2.45) is 5.73 Å². The minimum atomic E-state index is 0.0703. The van der Waals surface area contributed by atoms with Gasteiger partial charge in [-0.2, -0.15) is 0 Å². The van der Waals surface area contributed by atoms with Gasteiger partial charge in [0.05, 0.1) is 6.42 Å². The van der Waals surface area contributed by atoms with Gasteiger partial charge in [0.25, 0.3) is 0 Å². The maximum absolute atomic E-state index is 11.8. The molecular weight excluding hydrogens is 190 g/mol. The largest absolute Gasteiger partial charge is 0.341 e. The van der Waals surface area contributed by atoms with E-state index in [2.05, 4.69) is 4.98 Å². The Labute approximate surface area is 90.1 Å². The Hall–Kier alpha value is -1.42. The number of hydrogen-bond acceptors (Lipinski definition) is 3. The number of rotatable bonds is 4. The highest BCUT2D eigenvalue weighted by molar-refractivity contribution is 5.78. The number of likely N-dealkylation sites (N-methyl/N-ethyl adjacent to an activating group) is 1. The van der Waals surface area contributed by atoms with E-state index in [0.717, 1.165) is 5.56 Å². The van der Waals surface area contributed by atoms with E-state index in [0.29, 0.717) is 13.0 Å². The first-order chi connectivity index (χ1) is 7.15. The van der Waals surface area contributed by atoms with Gasteiger partial charge in [0.1, 0.15) is 0 Å². The summed E-state index contributed by atoms with van der Waals surface area (Å²) in [4.78, 5) is 17.4. The van der Waals surface area contributed by atoms with Crippen LogP contribution < -0.4 is 5.73 Å². The van der Waals surface area contributed by atoms with Crippen molar-refractivity contribution in [3.8, 4) is 0 Å². The highest BCUT2D eigenvalue weighted by Crippen LogP contribution is 2.02. The third-order valence-electron chi connectivity index (χ3n) is 2.47. The second-order valence-corrected chi connectivity index (χ2v) is 3.63. The van der Waals surface area contributed by atoms with Crippen LogP contribution in [0.15, 0.2) is 24.5 Å². The van der Waals surface area contributed by atoms with Gasteiger partial charge >= 0.3 is 0 Å². The maximum atomic E-state index is 11.8. The van der Waals surface area contributed by atoms with Gasteiger partial charge in [0.2, 0.25) is 5.91 Å². The van der Waals surface area contributed by atoms with E-state index in [-0.39, 0.29) is 11.9 Å². The van der Waals surface area contributed by atoms with Gasteiger partial charge in [-0.1, -0.05) is 6.07 Å². The molecule has 0 aliphatic rings. The van der Waals surface area contributed by atoms with Crippen molar-refractivity contribution >= 4 is 5.91 Å². The summed E-state index contributed by atoms with van der Waals surface area (Å²) in [6, 6.07) is 3.80. The van der Waals surface area contributed by atoms with E-state index in [1.54, 1.807) is 24.3 Å². The van der Waals surface area contributed by atoms with Gasteiger partial charge in [-0.15, -0.1) is 0 Å². The summed E-state index contributed by atoms with van der Waals surface area (Å²) in [5.41, 5.74) is 6.43. The predicted molar refractivity (Wildman–Crippen MR) is 59.2 cm³/mol. The normalized spacial score (nSPS) is 12.2. The lowest BCUT2D eigenvalue weighted by molar-refractivity contribution is -0.130. The molecule has 0 aliphatic heterocycles. The Balaban J connectivity index is 2.56. The Morgan fingerprint density at radius 2 is 2.40 bits per heavy atom. The first kappa shape index (κ1) is 11.7. The molecule has 1 heterocycles. The molecule has 1 atom stereocenters. The average molecular weight is 207 g/mol. The number of pyridine rings is 1. The van der Waals surface area contributed by atoms with Crippen LogP contribution in [0.5, 0.6) is 0 Å². The summed E-state index contributed by atoms with van der Waals surface area (Å²) in [5.74, 6) is 0.0703. The molecule has 1 aromatic heterocycles. The van der Waals surface area contributed by atoms with Gasteiger partial charge in [0, 0.05) is 32.0 Å². The number of aromatic nitrogens is 1. The van der Waals surface area contributed by atoms with E-state index in [9.17, 15) is 4.79 Å². The van der Waals surface area contributed by atoms with Crippen LogP contribution in [-0.4, -0.2) is 35.4 Å². The molecule has 4 heteroatoms. The third-order valence-corrected chi connectivity index (χ3v) is 2.47. The molecule has 2 N–H and O–H groups in total.